The van der Waals surface area contributed by atoms with Crippen LogP contribution in [0.25, 0.3) is 0 Å². The molecule has 2 aliphatic rings. The second-order valence-electron chi connectivity index (χ2n) is 7.47. The number of hydrogen-bond donors (Lipinski definition) is 4. The highest BCUT2D eigenvalue weighted by Crippen LogP contribution is 2.37. The Morgan fingerprint density at radius 3 is 2.67 bits per heavy atom. The molecule has 3 unspecified atom stereocenters. The first-order chi connectivity index (χ1) is 11.5. The van der Waals surface area contributed by atoms with E-state index >= 15 is 0 Å². The molecular formula is C18H27N5O. The summed E-state index contributed by atoms with van der Waals surface area (Å²) < 4.78 is 0. The molecule has 1 aromatic rings. The average Bonchev–Trinajstić information content (AvgIpc) is 3.32. The maximum atomic E-state index is 12.5. The molecule has 3 rings (SSSR count). The van der Waals surface area contributed by atoms with Crippen LogP contribution >= 0.6 is 0 Å². The van der Waals surface area contributed by atoms with Crippen molar-refractivity contribution < 1.29 is 4.79 Å². The lowest BCUT2D eigenvalue weighted by Gasteiger charge is -2.33. The number of imidazole rings is 1. The number of rotatable bonds is 6. The van der Waals surface area contributed by atoms with E-state index in [0.717, 1.165) is 37.2 Å². The first kappa shape index (κ1) is 16.9. The van der Waals surface area contributed by atoms with E-state index in [9.17, 15) is 4.79 Å². The van der Waals surface area contributed by atoms with Crippen molar-refractivity contribution in [1.82, 2.24) is 15.3 Å². The molecule has 1 aromatic heterocycles. The smallest absolute Gasteiger partial charge is 0.271 e. The number of aromatic nitrogens is 2. The predicted octanol–water partition coefficient (Wildman–Crippen LogP) is 3.15. The predicted molar refractivity (Wildman–Crippen MR) is 93.5 cm³/mol. The zero-order valence-corrected chi connectivity index (χ0v) is 14.5. The first-order valence-corrected chi connectivity index (χ1v) is 8.95. The molecular weight excluding hydrogens is 302 g/mol. The van der Waals surface area contributed by atoms with Crippen LogP contribution in [0.2, 0.25) is 0 Å². The van der Waals surface area contributed by atoms with Gasteiger partial charge in [-0.25, -0.2) is 4.98 Å². The minimum atomic E-state index is -0.428. The van der Waals surface area contributed by atoms with Gasteiger partial charge in [-0.2, -0.15) is 0 Å². The number of nitrogens with zero attached hydrogens (tertiary/aromatic N) is 1. The molecule has 0 bridgehead atoms. The number of carbonyl (C=O) groups is 1. The van der Waals surface area contributed by atoms with E-state index in [1.807, 2.05) is 6.92 Å². The number of H-pyrrole nitrogens is 1. The number of aryl methyl sites for hydroxylation is 1. The molecule has 0 aromatic carbocycles. The Morgan fingerprint density at radius 1 is 1.33 bits per heavy atom. The molecule has 1 heterocycles. The van der Waals surface area contributed by atoms with Gasteiger partial charge < -0.3 is 15.7 Å². The van der Waals surface area contributed by atoms with Gasteiger partial charge in [0.2, 0.25) is 0 Å². The Balaban J connectivity index is 1.75. The molecule has 1 amide bonds. The molecule has 2 saturated carbocycles. The van der Waals surface area contributed by atoms with Crippen molar-refractivity contribution in [1.29, 1.82) is 10.8 Å². The Bertz CT molecular complexity index is 646. The van der Waals surface area contributed by atoms with E-state index in [-0.39, 0.29) is 23.4 Å². The maximum absolute atomic E-state index is 12.5. The Kier molecular flexibility index (Phi) is 4.83. The normalized spacial score (nSPS) is 25.1. The van der Waals surface area contributed by atoms with Crippen LogP contribution in [0.3, 0.4) is 0 Å². The van der Waals surface area contributed by atoms with Gasteiger partial charge in [-0.15, -0.1) is 0 Å². The topological polar surface area (TPSA) is 105 Å². The summed E-state index contributed by atoms with van der Waals surface area (Å²) in [7, 11) is 0. The van der Waals surface area contributed by atoms with Crippen LogP contribution in [0, 0.1) is 35.5 Å². The molecule has 2 aliphatic carbocycles. The standard InChI is InChI=1S/C18H27N5O/c1-10-4-3-5-13(8-10)17(14-9-21-11(2)22-14)23-18(24)16(20)15(19)12-6-7-12/h9-10,12-13,17,19-20H,3-8H2,1-2H3,(H,21,22)(H,23,24). The van der Waals surface area contributed by atoms with E-state index in [2.05, 4.69) is 22.2 Å². The Labute approximate surface area is 142 Å². The SMILES string of the molecule is Cc1ncc(C(NC(=O)C(=N)C(=N)C2CC2)C2CCCC(C)C2)[nH]1. The van der Waals surface area contributed by atoms with Crippen LogP contribution in [0.5, 0.6) is 0 Å². The quantitative estimate of drug-likeness (QED) is 0.602. The van der Waals surface area contributed by atoms with Crippen LogP contribution in [-0.4, -0.2) is 27.3 Å². The lowest BCUT2D eigenvalue weighted by molar-refractivity contribution is -0.116. The van der Waals surface area contributed by atoms with Gasteiger partial charge in [-0.3, -0.25) is 10.2 Å². The average molecular weight is 329 g/mol. The summed E-state index contributed by atoms with van der Waals surface area (Å²) in [6.45, 7) is 4.16. The van der Waals surface area contributed by atoms with Crippen molar-refractivity contribution in [2.75, 3.05) is 0 Å². The molecule has 4 N–H and O–H groups in total. The fraction of sp³-hybridized carbons (Fsp3) is 0.667. The summed E-state index contributed by atoms with van der Waals surface area (Å²) >= 11 is 0. The summed E-state index contributed by atoms with van der Waals surface area (Å²) in [6.07, 6.45) is 8.18. The minimum Gasteiger partial charge on any atom is -0.344 e. The summed E-state index contributed by atoms with van der Waals surface area (Å²) in [5, 5.41) is 19.0. The zero-order valence-electron chi connectivity index (χ0n) is 14.5. The molecule has 2 fully saturated rings. The first-order valence-electron chi connectivity index (χ1n) is 8.95. The fourth-order valence-electron chi connectivity index (χ4n) is 3.74. The van der Waals surface area contributed by atoms with E-state index in [4.69, 9.17) is 10.8 Å². The van der Waals surface area contributed by atoms with Gasteiger partial charge in [-0.1, -0.05) is 19.8 Å². The van der Waals surface area contributed by atoms with E-state index in [0.29, 0.717) is 11.8 Å². The third-order valence-electron chi connectivity index (χ3n) is 5.27. The summed E-state index contributed by atoms with van der Waals surface area (Å²) in [6, 6.07) is -0.159. The minimum absolute atomic E-state index is 0.116. The van der Waals surface area contributed by atoms with Crippen molar-refractivity contribution >= 4 is 17.3 Å². The van der Waals surface area contributed by atoms with Crippen LogP contribution in [0.4, 0.5) is 0 Å². The molecule has 0 aliphatic heterocycles. The molecule has 0 spiro atoms. The Hall–Kier alpha value is -1.98. The molecule has 130 valence electrons. The Morgan fingerprint density at radius 2 is 2.08 bits per heavy atom. The third kappa shape index (κ3) is 3.74. The molecule has 24 heavy (non-hydrogen) atoms. The molecule has 3 atom stereocenters. The largest absolute Gasteiger partial charge is 0.344 e. The lowest BCUT2D eigenvalue weighted by Crippen LogP contribution is -2.41. The summed E-state index contributed by atoms with van der Waals surface area (Å²) in [4.78, 5) is 20.0. The van der Waals surface area contributed by atoms with E-state index in [1.165, 1.54) is 12.8 Å². The van der Waals surface area contributed by atoms with Crippen molar-refractivity contribution in [2.24, 2.45) is 17.8 Å². The summed E-state index contributed by atoms with van der Waals surface area (Å²) in [5.74, 6) is 1.51. The van der Waals surface area contributed by atoms with Crippen molar-refractivity contribution in [3.8, 4) is 0 Å². The monoisotopic (exact) mass is 329 g/mol. The van der Waals surface area contributed by atoms with Crippen LogP contribution in [0.1, 0.15) is 63.0 Å². The van der Waals surface area contributed by atoms with Gasteiger partial charge in [0.1, 0.15) is 11.5 Å². The van der Waals surface area contributed by atoms with Gasteiger partial charge in [-0.05, 0) is 44.4 Å². The lowest BCUT2D eigenvalue weighted by atomic mass is 9.77. The van der Waals surface area contributed by atoms with E-state index < -0.39 is 5.91 Å². The molecule has 0 saturated heterocycles. The van der Waals surface area contributed by atoms with Gasteiger partial charge in [0.05, 0.1) is 23.6 Å². The highest BCUT2D eigenvalue weighted by molar-refractivity contribution is 6.65. The zero-order chi connectivity index (χ0) is 17.3. The van der Waals surface area contributed by atoms with Crippen LogP contribution in [-0.2, 0) is 4.79 Å². The highest BCUT2D eigenvalue weighted by atomic mass is 16.1. The third-order valence-corrected chi connectivity index (χ3v) is 5.27. The van der Waals surface area contributed by atoms with E-state index in [1.54, 1.807) is 6.20 Å². The number of hydrogen-bond acceptors (Lipinski definition) is 4. The van der Waals surface area contributed by atoms with Crippen molar-refractivity contribution in [3.63, 3.8) is 0 Å². The summed E-state index contributed by atoms with van der Waals surface area (Å²) in [5.41, 5.74) is 0.914. The van der Waals surface area contributed by atoms with Crippen molar-refractivity contribution in [3.05, 3.63) is 17.7 Å². The number of carbonyl (C=O) groups excluding carboxylic acids is 1. The van der Waals surface area contributed by atoms with Gasteiger partial charge >= 0.3 is 0 Å². The fourth-order valence-corrected chi connectivity index (χ4v) is 3.74. The number of aromatic amines is 1. The maximum Gasteiger partial charge on any atom is 0.271 e. The van der Waals surface area contributed by atoms with Crippen LogP contribution in [0.15, 0.2) is 6.20 Å². The highest BCUT2D eigenvalue weighted by Gasteiger charge is 2.34. The molecule has 0 radical (unpaired) electrons. The van der Waals surface area contributed by atoms with Gasteiger partial charge in [0.15, 0.2) is 0 Å². The van der Waals surface area contributed by atoms with Gasteiger partial charge in [0, 0.05) is 5.92 Å². The second kappa shape index (κ2) is 6.87. The molecule has 6 heteroatoms. The van der Waals surface area contributed by atoms with Crippen LogP contribution < -0.4 is 5.32 Å². The van der Waals surface area contributed by atoms with Crippen molar-refractivity contribution in [2.45, 2.75) is 58.4 Å². The van der Waals surface area contributed by atoms with Gasteiger partial charge in [0.25, 0.3) is 5.91 Å². The number of nitrogens with one attached hydrogen (secondary N) is 4. The number of amides is 1. The second-order valence-corrected chi connectivity index (χ2v) is 7.47. The molecule has 6 nitrogen and oxygen atoms in total.